The van der Waals surface area contributed by atoms with E-state index in [9.17, 15) is 0 Å². The number of hydrogen-bond acceptors (Lipinski definition) is 4. The molecule has 0 aliphatic carbocycles. The third kappa shape index (κ3) is 4.19. The minimum Gasteiger partial charge on any atom is -0.497 e. The summed E-state index contributed by atoms with van der Waals surface area (Å²) in [7, 11) is 1.68. The fraction of sp³-hybridized carbons (Fsp3) is 0.333. The normalized spacial score (nSPS) is 19.6. The van der Waals surface area contributed by atoms with Crippen LogP contribution in [0.25, 0.3) is 16.9 Å². The first kappa shape index (κ1) is 19.2. The molecular formula is C24H28N4O. The molecule has 0 N–H and O–H groups in total. The van der Waals surface area contributed by atoms with Gasteiger partial charge in [0, 0.05) is 29.4 Å². The van der Waals surface area contributed by atoms with Crippen LogP contribution in [-0.4, -0.2) is 40.2 Å². The average molecular weight is 389 g/mol. The van der Waals surface area contributed by atoms with Crippen molar-refractivity contribution in [3.63, 3.8) is 0 Å². The second kappa shape index (κ2) is 8.52. The Balaban J connectivity index is 1.72. The molecule has 150 valence electrons. The first-order valence-corrected chi connectivity index (χ1v) is 10.3. The van der Waals surface area contributed by atoms with E-state index >= 15 is 0 Å². The van der Waals surface area contributed by atoms with Crippen LogP contribution in [0, 0.1) is 0 Å². The Bertz CT molecular complexity index is 952. The van der Waals surface area contributed by atoms with Crippen molar-refractivity contribution in [3.05, 3.63) is 66.4 Å². The number of ether oxygens (including phenoxy) is 1. The summed E-state index contributed by atoms with van der Waals surface area (Å²) < 4.78 is 7.22. The predicted octanol–water partition coefficient (Wildman–Crippen LogP) is 5.14. The molecule has 29 heavy (non-hydrogen) atoms. The number of hydrazone groups is 1. The van der Waals surface area contributed by atoms with Crippen LogP contribution < -0.4 is 4.74 Å². The molecule has 0 saturated carbocycles. The molecule has 0 unspecified atom stereocenters. The zero-order valence-electron chi connectivity index (χ0n) is 17.3. The second-order valence-corrected chi connectivity index (χ2v) is 7.70. The molecular weight excluding hydrogens is 360 g/mol. The highest BCUT2D eigenvalue weighted by molar-refractivity contribution is 5.88. The lowest BCUT2D eigenvalue weighted by Crippen LogP contribution is -2.39. The van der Waals surface area contributed by atoms with Gasteiger partial charge in [0.25, 0.3) is 0 Å². The lowest BCUT2D eigenvalue weighted by molar-refractivity contribution is 0.109. The Kier molecular flexibility index (Phi) is 5.65. The van der Waals surface area contributed by atoms with E-state index in [1.54, 1.807) is 7.11 Å². The Morgan fingerprint density at radius 2 is 1.69 bits per heavy atom. The van der Waals surface area contributed by atoms with E-state index in [0.717, 1.165) is 28.3 Å². The van der Waals surface area contributed by atoms with Crippen LogP contribution in [0.3, 0.4) is 0 Å². The number of hydrogen-bond donors (Lipinski definition) is 0. The minimum atomic E-state index is 0.462. The van der Waals surface area contributed by atoms with Gasteiger partial charge < -0.3 is 4.74 Å². The van der Waals surface area contributed by atoms with Gasteiger partial charge in [-0.15, -0.1) is 0 Å². The van der Waals surface area contributed by atoms with E-state index in [1.165, 1.54) is 19.3 Å². The summed E-state index contributed by atoms with van der Waals surface area (Å²) in [5.41, 5.74) is 3.99. The van der Waals surface area contributed by atoms with Crippen molar-refractivity contribution in [3.8, 4) is 22.7 Å². The predicted molar refractivity (Wildman–Crippen MR) is 118 cm³/mol. The van der Waals surface area contributed by atoms with Crippen molar-refractivity contribution in [2.75, 3.05) is 7.11 Å². The summed E-state index contributed by atoms with van der Waals surface area (Å²) >= 11 is 0. The van der Waals surface area contributed by atoms with Crippen LogP contribution in [0.5, 0.6) is 5.75 Å². The Morgan fingerprint density at radius 3 is 2.34 bits per heavy atom. The molecule has 1 aliphatic rings. The third-order valence-electron chi connectivity index (χ3n) is 5.60. The van der Waals surface area contributed by atoms with Crippen molar-refractivity contribution in [1.82, 2.24) is 14.8 Å². The largest absolute Gasteiger partial charge is 0.497 e. The molecule has 0 bridgehead atoms. The summed E-state index contributed by atoms with van der Waals surface area (Å²) in [6.45, 7) is 4.51. The number of nitrogens with zero attached hydrogens (tertiary/aromatic N) is 4. The van der Waals surface area contributed by atoms with Gasteiger partial charge in [0.1, 0.15) is 11.4 Å². The lowest BCUT2D eigenvalue weighted by atomic mass is 10.00. The summed E-state index contributed by atoms with van der Waals surface area (Å²) in [5.74, 6) is 0.836. The van der Waals surface area contributed by atoms with Gasteiger partial charge in [0.05, 0.1) is 19.0 Å². The standard InChI is InChI=1S/C24H28N4O/c1-18-8-7-9-19(2)28(18)25-16-21-17-27(22-10-5-4-6-11-22)26-24(21)20-12-14-23(29-3)15-13-20/h4-6,10-19H,7-9H2,1-3H3/b25-16-/t18-,19+. The monoisotopic (exact) mass is 388 g/mol. The summed E-state index contributed by atoms with van der Waals surface area (Å²) in [5, 5.41) is 12.0. The van der Waals surface area contributed by atoms with Gasteiger partial charge in [-0.2, -0.15) is 10.2 Å². The number of methoxy groups -OCH3 is 1. The number of piperidine rings is 1. The molecule has 3 aromatic rings. The van der Waals surface area contributed by atoms with Crippen LogP contribution in [-0.2, 0) is 0 Å². The molecule has 0 radical (unpaired) electrons. The topological polar surface area (TPSA) is 42.6 Å². The van der Waals surface area contributed by atoms with E-state index in [1.807, 2.05) is 53.4 Å². The number of para-hydroxylation sites is 1. The van der Waals surface area contributed by atoms with Crippen LogP contribution >= 0.6 is 0 Å². The first-order valence-electron chi connectivity index (χ1n) is 10.3. The fourth-order valence-electron chi connectivity index (χ4n) is 3.93. The van der Waals surface area contributed by atoms with Gasteiger partial charge in [0.2, 0.25) is 0 Å². The van der Waals surface area contributed by atoms with Crippen LogP contribution in [0.2, 0.25) is 0 Å². The molecule has 5 heteroatoms. The molecule has 1 aromatic heterocycles. The summed E-state index contributed by atoms with van der Waals surface area (Å²) in [6.07, 6.45) is 7.67. The molecule has 1 fully saturated rings. The number of rotatable bonds is 5. The fourth-order valence-corrected chi connectivity index (χ4v) is 3.93. The quantitative estimate of drug-likeness (QED) is 0.568. The maximum Gasteiger partial charge on any atom is 0.118 e. The zero-order chi connectivity index (χ0) is 20.2. The Hall–Kier alpha value is -3.08. The Labute approximate surface area is 172 Å². The highest BCUT2D eigenvalue weighted by Crippen LogP contribution is 2.26. The smallest absolute Gasteiger partial charge is 0.118 e. The zero-order valence-corrected chi connectivity index (χ0v) is 17.3. The van der Waals surface area contributed by atoms with E-state index in [2.05, 4.69) is 37.2 Å². The molecule has 2 aromatic carbocycles. The molecule has 1 saturated heterocycles. The number of benzene rings is 2. The van der Waals surface area contributed by atoms with Crippen molar-refractivity contribution < 1.29 is 4.74 Å². The molecule has 2 heterocycles. The number of aromatic nitrogens is 2. The second-order valence-electron chi connectivity index (χ2n) is 7.70. The molecule has 0 amide bonds. The van der Waals surface area contributed by atoms with Gasteiger partial charge in [-0.25, -0.2) is 4.68 Å². The van der Waals surface area contributed by atoms with Gasteiger partial charge in [0.15, 0.2) is 0 Å². The minimum absolute atomic E-state index is 0.462. The highest BCUT2D eigenvalue weighted by Gasteiger charge is 2.23. The van der Waals surface area contributed by atoms with Crippen molar-refractivity contribution in [1.29, 1.82) is 0 Å². The lowest BCUT2D eigenvalue weighted by Gasteiger charge is -2.36. The maximum absolute atomic E-state index is 5.30. The molecule has 0 spiro atoms. The van der Waals surface area contributed by atoms with E-state index < -0.39 is 0 Å². The van der Waals surface area contributed by atoms with Crippen molar-refractivity contribution in [2.24, 2.45) is 5.10 Å². The maximum atomic E-state index is 5.30. The van der Waals surface area contributed by atoms with Crippen molar-refractivity contribution in [2.45, 2.75) is 45.2 Å². The average Bonchev–Trinajstić information content (AvgIpc) is 3.18. The molecule has 1 aliphatic heterocycles. The van der Waals surface area contributed by atoms with Crippen LogP contribution in [0.4, 0.5) is 0 Å². The van der Waals surface area contributed by atoms with Crippen LogP contribution in [0.1, 0.15) is 38.7 Å². The molecule has 2 atom stereocenters. The highest BCUT2D eigenvalue weighted by atomic mass is 16.5. The summed E-state index contributed by atoms with van der Waals surface area (Å²) in [4.78, 5) is 0. The summed E-state index contributed by atoms with van der Waals surface area (Å²) in [6, 6.07) is 19.1. The molecule has 4 rings (SSSR count). The van der Waals surface area contributed by atoms with Crippen molar-refractivity contribution >= 4 is 6.21 Å². The van der Waals surface area contributed by atoms with Crippen LogP contribution in [0.15, 0.2) is 65.9 Å². The third-order valence-corrected chi connectivity index (χ3v) is 5.60. The van der Waals surface area contributed by atoms with E-state index in [0.29, 0.717) is 12.1 Å². The first-order chi connectivity index (χ1) is 14.2. The van der Waals surface area contributed by atoms with Gasteiger partial charge in [-0.05, 0) is 69.5 Å². The van der Waals surface area contributed by atoms with Gasteiger partial charge in [-0.1, -0.05) is 18.2 Å². The SMILES string of the molecule is COc1ccc(-c2nn(-c3ccccc3)cc2/C=N\N2[C@H](C)CCC[C@@H]2C)cc1. The van der Waals surface area contributed by atoms with Gasteiger partial charge >= 0.3 is 0 Å². The van der Waals surface area contributed by atoms with E-state index in [-0.39, 0.29) is 0 Å². The molecule has 5 nitrogen and oxygen atoms in total. The van der Waals surface area contributed by atoms with E-state index in [4.69, 9.17) is 14.9 Å². The Morgan fingerprint density at radius 1 is 1.00 bits per heavy atom. The van der Waals surface area contributed by atoms with Gasteiger partial charge in [-0.3, -0.25) is 5.01 Å².